The summed E-state index contributed by atoms with van der Waals surface area (Å²) in [7, 11) is 0. The molecule has 7 nitrogen and oxygen atoms in total. The summed E-state index contributed by atoms with van der Waals surface area (Å²) in [6, 6.07) is 9.90. The molecule has 1 heterocycles. The minimum atomic E-state index is -0.813. The molecule has 0 bridgehead atoms. The number of hydrogen-bond acceptors (Lipinski definition) is 7. The minimum absolute atomic E-state index is 0.207. The highest BCUT2D eigenvalue weighted by molar-refractivity contribution is 7.18. The van der Waals surface area contributed by atoms with Crippen molar-refractivity contribution >= 4 is 33.4 Å². The summed E-state index contributed by atoms with van der Waals surface area (Å²) in [5.41, 5.74) is 0.0843. The summed E-state index contributed by atoms with van der Waals surface area (Å²) in [6.07, 6.45) is 3.09. The zero-order valence-electron chi connectivity index (χ0n) is 14.2. The Labute approximate surface area is 154 Å². The first-order chi connectivity index (χ1) is 12.6. The van der Waals surface area contributed by atoms with Crippen LogP contribution in [0.25, 0.3) is 10.2 Å². The van der Waals surface area contributed by atoms with Gasteiger partial charge in [0.2, 0.25) is 0 Å². The van der Waals surface area contributed by atoms with Crippen molar-refractivity contribution in [3.05, 3.63) is 29.3 Å². The highest BCUT2D eigenvalue weighted by atomic mass is 32.1. The Hall–Kier alpha value is -2.50. The summed E-state index contributed by atoms with van der Waals surface area (Å²) < 4.78 is 11.3. The van der Waals surface area contributed by atoms with Gasteiger partial charge in [0.1, 0.15) is 17.2 Å². The van der Waals surface area contributed by atoms with E-state index in [2.05, 4.69) is 16.4 Å². The number of amides is 1. The van der Waals surface area contributed by atoms with E-state index < -0.39 is 24.0 Å². The number of hydrogen-bond donors (Lipinski definition) is 1. The maximum absolute atomic E-state index is 11.9. The number of fused-ring (bicyclic) bond motifs is 1. The van der Waals surface area contributed by atoms with E-state index in [9.17, 15) is 14.9 Å². The first-order valence-electron chi connectivity index (χ1n) is 8.40. The monoisotopic (exact) mass is 373 g/mol. The molecule has 0 radical (unpaired) electrons. The van der Waals surface area contributed by atoms with Crippen LogP contribution in [-0.4, -0.2) is 35.6 Å². The van der Waals surface area contributed by atoms with Gasteiger partial charge >= 0.3 is 5.97 Å². The van der Waals surface area contributed by atoms with Crippen molar-refractivity contribution in [2.75, 3.05) is 13.2 Å². The lowest BCUT2D eigenvalue weighted by molar-refractivity contribution is -0.153. The number of para-hydroxylation sites is 1. The quantitative estimate of drug-likeness (QED) is 0.748. The Morgan fingerprint density at radius 2 is 2.04 bits per heavy atom. The molecule has 136 valence electrons. The van der Waals surface area contributed by atoms with Crippen molar-refractivity contribution in [2.24, 2.45) is 0 Å². The molecule has 1 saturated carbocycles. The van der Waals surface area contributed by atoms with E-state index >= 15 is 0 Å². The molecule has 0 unspecified atom stereocenters. The van der Waals surface area contributed by atoms with Gasteiger partial charge in [0, 0.05) is 0 Å². The van der Waals surface area contributed by atoms with Crippen LogP contribution in [-0.2, 0) is 25.7 Å². The van der Waals surface area contributed by atoms with Crippen LogP contribution in [0.15, 0.2) is 24.3 Å². The molecule has 0 spiro atoms. The van der Waals surface area contributed by atoms with E-state index in [4.69, 9.17) is 9.47 Å². The molecule has 3 rings (SSSR count). The Balaban J connectivity index is 1.37. The number of thiazole rings is 1. The van der Waals surface area contributed by atoms with Crippen molar-refractivity contribution in [3.8, 4) is 6.07 Å². The fraction of sp³-hybridized carbons (Fsp3) is 0.444. The first-order valence-corrected chi connectivity index (χ1v) is 9.22. The third kappa shape index (κ3) is 4.56. The van der Waals surface area contributed by atoms with Crippen LogP contribution >= 0.6 is 11.3 Å². The number of benzene rings is 1. The average molecular weight is 373 g/mol. The van der Waals surface area contributed by atoms with Crippen LogP contribution in [0.3, 0.4) is 0 Å². The van der Waals surface area contributed by atoms with Crippen LogP contribution in [0.1, 0.15) is 30.7 Å². The predicted octanol–water partition coefficient (Wildman–Crippen LogP) is 2.31. The fourth-order valence-electron chi connectivity index (χ4n) is 2.94. The van der Waals surface area contributed by atoms with Crippen LogP contribution < -0.4 is 5.32 Å². The molecule has 8 heteroatoms. The number of esters is 1. The third-order valence-corrected chi connectivity index (χ3v) is 5.21. The standard InChI is InChI=1S/C18H19N3O4S/c19-12-18(7-3-4-8-18)21-15(22)9-25-17(23)11-24-10-16-20-13-5-1-2-6-14(13)26-16/h1-2,5-6H,3-4,7-11H2,(H,21,22). The zero-order valence-corrected chi connectivity index (χ0v) is 15.0. The maximum atomic E-state index is 11.9. The summed E-state index contributed by atoms with van der Waals surface area (Å²) in [4.78, 5) is 28.0. The molecule has 1 aromatic carbocycles. The second-order valence-electron chi connectivity index (χ2n) is 6.18. The van der Waals surface area contributed by atoms with Gasteiger partial charge in [-0.2, -0.15) is 5.26 Å². The average Bonchev–Trinajstić information content (AvgIpc) is 3.27. The molecule has 0 atom stereocenters. The van der Waals surface area contributed by atoms with Crippen molar-refractivity contribution < 1.29 is 19.1 Å². The number of ether oxygens (including phenoxy) is 2. The Morgan fingerprint density at radius 3 is 2.77 bits per heavy atom. The number of nitrogens with one attached hydrogen (secondary N) is 1. The number of aromatic nitrogens is 1. The van der Waals surface area contributed by atoms with E-state index in [0.29, 0.717) is 12.8 Å². The van der Waals surface area contributed by atoms with Crippen LogP contribution in [0.2, 0.25) is 0 Å². The van der Waals surface area contributed by atoms with Gasteiger partial charge in [0.05, 0.1) is 22.9 Å². The van der Waals surface area contributed by atoms with Crippen LogP contribution in [0, 0.1) is 11.3 Å². The number of nitriles is 1. The SMILES string of the molecule is N#CC1(NC(=O)COC(=O)COCc2nc3ccccc3s2)CCCC1. The summed E-state index contributed by atoms with van der Waals surface area (Å²) in [5, 5.41) is 12.7. The maximum Gasteiger partial charge on any atom is 0.332 e. The lowest BCUT2D eigenvalue weighted by atomic mass is 10.00. The van der Waals surface area contributed by atoms with Gasteiger partial charge < -0.3 is 14.8 Å². The Kier molecular flexibility index (Phi) is 5.81. The second kappa shape index (κ2) is 8.25. The van der Waals surface area contributed by atoms with Gasteiger partial charge in [-0.3, -0.25) is 4.79 Å². The smallest absolute Gasteiger partial charge is 0.332 e. The normalized spacial score (nSPS) is 15.5. The van der Waals surface area contributed by atoms with Crippen molar-refractivity contribution in [2.45, 2.75) is 37.8 Å². The molecule has 1 aromatic heterocycles. The van der Waals surface area contributed by atoms with Gasteiger partial charge in [0.25, 0.3) is 5.91 Å². The molecule has 26 heavy (non-hydrogen) atoms. The number of nitrogens with zero attached hydrogens (tertiary/aromatic N) is 2. The molecule has 1 aliphatic carbocycles. The van der Waals surface area contributed by atoms with E-state index in [-0.39, 0.29) is 13.2 Å². The highest BCUT2D eigenvalue weighted by Gasteiger charge is 2.35. The van der Waals surface area contributed by atoms with Gasteiger partial charge in [-0.15, -0.1) is 11.3 Å². The van der Waals surface area contributed by atoms with E-state index in [1.807, 2.05) is 24.3 Å². The number of carbonyl (C=O) groups is 2. The number of rotatable bonds is 7. The van der Waals surface area contributed by atoms with Crippen molar-refractivity contribution in [1.29, 1.82) is 5.26 Å². The zero-order chi connectivity index (χ0) is 18.4. The second-order valence-corrected chi connectivity index (χ2v) is 7.29. The van der Waals surface area contributed by atoms with E-state index in [1.165, 1.54) is 11.3 Å². The topological polar surface area (TPSA) is 101 Å². The number of carbonyl (C=O) groups excluding carboxylic acids is 2. The highest BCUT2D eigenvalue weighted by Crippen LogP contribution is 2.28. The van der Waals surface area contributed by atoms with Crippen molar-refractivity contribution in [3.63, 3.8) is 0 Å². The Morgan fingerprint density at radius 1 is 1.27 bits per heavy atom. The van der Waals surface area contributed by atoms with Crippen LogP contribution in [0.4, 0.5) is 0 Å². The van der Waals surface area contributed by atoms with E-state index in [0.717, 1.165) is 28.1 Å². The molecule has 1 amide bonds. The summed E-state index contributed by atoms with van der Waals surface area (Å²) in [5.74, 6) is -1.09. The summed E-state index contributed by atoms with van der Waals surface area (Å²) in [6.45, 7) is -0.461. The first kappa shape index (κ1) is 18.3. The van der Waals surface area contributed by atoms with Crippen LogP contribution in [0.5, 0.6) is 0 Å². The lowest BCUT2D eigenvalue weighted by Gasteiger charge is -2.21. The molecule has 0 saturated heterocycles. The fourth-order valence-corrected chi connectivity index (χ4v) is 3.84. The lowest BCUT2D eigenvalue weighted by Crippen LogP contribution is -2.46. The van der Waals surface area contributed by atoms with Gasteiger partial charge in [-0.25, -0.2) is 9.78 Å². The van der Waals surface area contributed by atoms with E-state index in [1.54, 1.807) is 0 Å². The third-order valence-electron chi connectivity index (χ3n) is 4.20. The Bertz CT molecular complexity index is 803. The molecule has 0 aliphatic heterocycles. The molecule has 2 aromatic rings. The largest absolute Gasteiger partial charge is 0.454 e. The molecule has 1 aliphatic rings. The molecule has 1 N–H and O–H groups in total. The van der Waals surface area contributed by atoms with Gasteiger partial charge in [-0.05, 0) is 37.8 Å². The minimum Gasteiger partial charge on any atom is -0.454 e. The molecular weight excluding hydrogens is 354 g/mol. The van der Waals surface area contributed by atoms with Gasteiger partial charge in [-0.1, -0.05) is 12.1 Å². The van der Waals surface area contributed by atoms with Crippen molar-refractivity contribution in [1.82, 2.24) is 10.3 Å². The predicted molar refractivity (Wildman–Crippen MR) is 95.2 cm³/mol. The molecule has 1 fully saturated rings. The summed E-state index contributed by atoms with van der Waals surface area (Å²) >= 11 is 1.50. The molecular formula is C18H19N3O4S. The van der Waals surface area contributed by atoms with Gasteiger partial charge in [0.15, 0.2) is 6.61 Å².